The number of hydrogen-bond donors (Lipinski definition) is 3. The summed E-state index contributed by atoms with van der Waals surface area (Å²) in [6.45, 7) is 4.33. The molecule has 51 heavy (non-hydrogen) atoms. The standard InChI is InChI=1S/C37H40N2O3S.C4H4O4/c1-41-34-14-8-6-11-30(34)25-38-37(40)29-15-16-35-33(24-29)36(32-13-7-5-12-31(32)26-42-35)43-22-21-39-19-17-28(18-20-39)23-27-9-3-2-4-10-27;5-3(6)1-2-4(7)8/h2-16,24,28,36H,17-23,25-26H2,1H3,(H,38,40);1-2H,(H,5,6)(H,7,8)/b;2-1+. The van der Waals surface area contributed by atoms with Crippen molar-refractivity contribution in [2.75, 3.05) is 32.5 Å². The highest BCUT2D eigenvalue weighted by Gasteiger charge is 2.27. The number of amides is 1. The van der Waals surface area contributed by atoms with E-state index in [1.807, 2.05) is 54.2 Å². The zero-order chi connectivity index (χ0) is 36.0. The summed E-state index contributed by atoms with van der Waals surface area (Å²) in [7, 11) is 1.65. The maximum Gasteiger partial charge on any atom is 0.328 e. The van der Waals surface area contributed by atoms with Gasteiger partial charge in [0.15, 0.2) is 0 Å². The number of hydrogen-bond acceptors (Lipinski definition) is 7. The molecule has 0 spiro atoms. The van der Waals surface area contributed by atoms with Gasteiger partial charge in [0.1, 0.15) is 18.1 Å². The van der Waals surface area contributed by atoms with Crippen molar-refractivity contribution >= 4 is 29.6 Å². The molecule has 10 heteroatoms. The summed E-state index contributed by atoms with van der Waals surface area (Å²) in [4.78, 5) is 35.0. The highest BCUT2D eigenvalue weighted by molar-refractivity contribution is 7.99. The van der Waals surface area contributed by atoms with E-state index in [0.29, 0.717) is 30.9 Å². The van der Waals surface area contributed by atoms with Crippen LogP contribution in [0.1, 0.15) is 56.3 Å². The molecular formula is C41H44N2O7S. The predicted octanol–water partition coefficient (Wildman–Crippen LogP) is 7.01. The molecule has 2 aliphatic heterocycles. The molecule has 1 amide bonds. The molecule has 3 N–H and O–H groups in total. The monoisotopic (exact) mass is 708 g/mol. The average Bonchev–Trinajstić information content (AvgIpc) is 3.31. The first-order valence-corrected chi connectivity index (χ1v) is 18.1. The quantitative estimate of drug-likeness (QED) is 0.133. The fourth-order valence-electron chi connectivity index (χ4n) is 6.38. The Kier molecular flexibility index (Phi) is 13.7. The Balaban J connectivity index is 0.000000565. The molecule has 1 fully saturated rings. The number of carbonyl (C=O) groups excluding carboxylic acids is 1. The number of carbonyl (C=O) groups is 3. The van der Waals surface area contributed by atoms with E-state index in [0.717, 1.165) is 53.9 Å². The summed E-state index contributed by atoms with van der Waals surface area (Å²) in [5, 5.41) is 18.8. The normalized spacial score (nSPS) is 15.7. The number of carboxylic acids is 2. The van der Waals surface area contributed by atoms with Crippen LogP contribution < -0.4 is 14.8 Å². The van der Waals surface area contributed by atoms with Gasteiger partial charge in [-0.1, -0.05) is 72.8 Å². The lowest BCUT2D eigenvalue weighted by molar-refractivity contribution is -0.134. The summed E-state index contributed by atoms with van der Waals surface area (Å²) in [5.74, 6) is 0.805. The van der Waals surface area contributed by atoms with Crippen LogP contribution >= 0.6 is 11.8 Å². The Labute approximate surface area is 303 Å². The van der Waals surface area contributed by atoms with Gasteiger partial charge in [-0.2, -0.15) is 0 Å². The fraction of sp³-hybridized carbons (Fsp3) is 0.293. The zero-order valence-corrected chi connectivity index (χ0v) is 29.5. The predicted molar refractivity (Wildman–Crippen MR) is 199 cm³/mol. The molecule has 0 aromatic heterocycles. The van der Waals surface area contributed by atoms with E-state index in [-0.39, 0.29) is 11.2 Å². The van der Waals surface area contributed by atoms with E-state index in [4.69, 9.17) is 19.7 Å². The molecule has 0 bridgehead atoms. The highest BCUT2D eigenvalue weighted by atomic mass is 32.2. The van der Waals surface area contributed by atoms with Crippen LogP contribution in [0.25, 0.3) is 0 Å². The smallest absolute Gasteiger partial charge is 0.328 e. The molecule has 0 radical (unpaired) electrons. The minimum Gasteiger partial charge on any atom is -0.496 e. The van der Waals surface area contributed by atoms with Crippen molar-refractivity contribution in [2.45, 2.75) is 37.7 Å². The SMILES string of the molecule is COc1ccccc1CNC(=O)c1ccc2c(c1)C(SCCN1CCC(Cc3ccccc3)CC1)c1ccccc1CO2.O=C(O)/C=C/C(=O)O. The van der Waals surface area contributed by atoms with Crippen LogP contribution in [-0.2, 0) is 29.2 Å². The number of rotatable bonds is 12. The average molecular weight is 709 g/mol. The van der Waals surface area contributed by atoms with Gasteiger partial charge in [-0.3, -0.25) is 4.79 Å². The number of ether oxygens (including phenoxy) is 2. The van der Waals surface area contributed by atoms with Crippen LogP contribution in [0, 0.1) is 5.92 Å². The van der Waals surface area contributed by atoms with Gasteiger partial charge >= 0.3 is 11.9 Å². The van der Waals surface area contributed by atoms with Crippen LogP contribution in [0.5, 0.6) is 11.5 Å². The summed E-state index contributed by atoms with van der Waals surface area (Å²) >= 11 is 1.96. The third kappa shape index (κ3) is 11.0. The van der Waals surface area contributed by atoms with Crippen molar-refractivity contribution in [3.63, 3.8) is 0 Å². The highest BCUT2D eigenvalue weighted by Crippen LogP contribution is 2.44. The molecule has 266 valence electrons. The molecule has 9 nitrogen and oxygen atoms in total. The molecule has 4 aromatic carbocycles. The van der Waals surface area contributed by atoms with Crippen LogP contribution in [0.3, 0.4) is 0 Å². The van der Waals surface area contributed by atoms with Gasteiger partial charge in [-0.15, -0.1) is 11.8 Å². The number of thioether (sulfide) groups is 1. The third-order valence-electron chi connectivity index (χ3n) is 9.04. The molecule has 0 saturated carbocycles. The van der Waals surface area contributed by atoms with Gasteiger partial charge in [-0.05, 0) is 79.2 Å². The maximum absolute atomic E-state index is 13.3. The molecule has 4 aromatic rings. The number of piperidine rings is 1. The topological polar surface area (TPSA) is 125 Å². The molecule has 0 aliphatic carbocycles. The molecule has 6 rings (SSSR count). The van der Waals surface area contributed by atoms with E-state index in [1.54, 1.807) is 7.11 Å². The number of methoxy groups -OCH3 is 1. The molecular weight excluding hydrogens is 665 g/mol. The van der Waals surface area contributed by atoms with E-state index in [2.05, 4.69) is 64.8 Å². The Bertz CT molecular complexity index is 1790. The number of nitrogens with zero attached hydrogens (tertiary/aromatic N) is 1. The van der Waals surface area contributed by atoms with Gasteiger partial charge in [0.2, 0.25) is 0 Å². The lowest BCUT2D eigenvalue weighted by atomic mass is 9.90. The first-order valence-electron chi connectivity index (χ1n) is 17.1. The van der Waals surface area contributed by atoms with Crippen molar-refractivity contribution in [3.8, 4) is 11.5 Å². The van der Waals surface area contributed by atoms with Gasteiger partial charge < -0.3 is 29.9 Å². The summed E-state index contributed by atoms with van der Waals surface area (Å²) < 4.78 is 11.7. The van der Waals surface area contributed by atoms with Crippen molar-refractivity contribution in [1.29, 1.82) is 0 Å². The summed E-state index contributed by atoms with van der Waals surface area (Å²) in [6.07, 6.45) is 4.82. The minimum absolute atomic E-state index is 0.103. The van der Waals surface area contributed by atoms with E-state index in [1.165, 1.54) is 36.0 Å². The van der Waals surface area contributed by atoms with Crippen LogP contribution in [0.2, 0.25) is 0 Å². The van der Waals surface area contributed by atoms with Gasteiger partial charge in [0.05, 0.1) is 12.4 Å². The van der Waals surface area contributed by atoms with Gasteiger partial charge in [0.25, 0.3) is 5.91 Å². The molecule has 2 aliphatic rings. The van der Waals surface area contributed by atoms with Crippen LogP contribution in [-0.4, -0.2) is 65.5 Å². The Morgan fingerprint density at radius 1 is 0.882 bits per heavy atom. The van der Waals surface area contributed by atoms with Crippen molar-refractivity contribution in [2.24, 2.45) is 5.92 Å². The van der Waals surface area contributed by atoms with Crippen molar-refractivity contribution in [1.82, 2.24) is 10.2 Å². The lowest BCUT2D eigenvalue weighted by Crippen LogP contribution is -2.35. The Morgan fingerprint density at radius 2 is 1.57 bits per heavy atom. The van der Waals surface area contributed by atoms with E-state index < -0.39 is 11.9 Å². The number of fused-ring (bicyclic) bond motifs is 2. The fourth-order valence-corrected chi connectivity index (χ4v) is 7.75. The van der Waals surface area contributed by atoms with E-state index in [9.17, 15) is 14.4 Å². The summed E-state index contributed by atoms with van der Waals surface area (Å²) in [6, 6.07) is 33.1. The van der Waals surface area contributed by atoms with Crippen LogP contribution in [0.15, 0.2) is 109 Å². The maximum atomic E-state index is 13.3. The van der Waals surface area contributed by atoms with Gasteiger partial charge in [0, 0.05) is 47.7 Å². The first-order chi connectivity index (χ1) is 24.8. The Hall–Kier alpha value is -5.06. The second-order valence-electron chi connectivity index (χ2n) is 12.5. The minimum atomic E-state index is -1.26. The molecule has 1 saturated heterocycles. The number of likely N-dealkylation sites (tertiary alicyclic amines) is 1. The lowest BCUT2D eigenvalue weighted by Gasteiger charge is -2.32. The summed E-state index contributed by atoms with van der Waals surface area (Å²) in [5.41, 5.74) is 6.60. The molecule has 2 heterocycles. The number of aliphatic carboxylic acids is 2. The van der Waals surface area contributed by atoms with Crippen LogP contribution in [0.4, 0.5) is 0 Å². The number of para-hydroxylation sites is 1. The number of benzene rings is 4. The Morgan fingerprint density at radius 3 is 2.29 bits per heavy atom. The molecule has 1 unspecified atom stereocenters. The zero-order valence-electron chi connectivity index (χ0n) is 28.7. The van der Waals surface area contributed by atoms with Gasteiger partial charge in [-0.25, -0.2) is 9.59 Å². The second-order valence-corrected chi connectivity index (χ2v) is 13.7. The third-order valence-corrected chi connectivity index (χ3v) is 10.3. The van der Waals surface area contributed by atoms with Crippen molar-refractivity contribution in [3.05, 3.63) is 143 Å². The molecule has 1 atom stereocenters. The number of carboxylic acid groups (broad SMARTS) is 2. The first kappa shape index (κ1) is 37.2. The second kappa shape index (κ2) is 18.8. The number of nitrogens with one attached hydrogen (secondary N) is 1. The van der Waals surface area contributed by atoms with E-state index >= 15 is 0 Å². The largest absolute Gasteiger partial charge is 0.496 e. The van der Waals surface area contributed by atoms with Crippen molar-refractivity contribution < 1.29 is 34.1 Å².